The van der Waals surface area contributed by atoms with Crippen LogP contribution in [0.4, 0.5) is 5.69 Å². The first-order chi connectivity index (χ1) is 9.47. The maximum absolute atomic E-state index is 11.3. The SMILES string of the molecule is CC(Nc1ccc(Cl)c(C(N)=O)c1)c1cccc(O)c1. The highest BCUT2D eigenvalue weighted by molar-refractivity contribution is 6.33. The molecule has 4 nitrogen and oxygen atoms in total. The predicted octanol–water partition coefficient (Wildman–Crippen LogP) is 3.32. The lowest BCUT2D eigenvalue weighted by Gasteiger charge is -2.16. The largest absolute Gasteiger partial charge is 0.508 e. The molecule has 2 aromatic carbocycles. The Morgan fingerprint density at radius 1 is 1.30 bits per heavy atom. The van der Waals surface area contributed by atoms with E-state index in [1.807, 2.05) is 13.0 Å². The number of benzene rings is 2. The van der Waals surface area contributed by atoms with Crippen molar-refractivity contribution in [2.24, 2.45) is 5.73 Å². The van der Waals surface area contributed by atoms with Gasteiger partial charge in [-0.1, -0.05) is 23.7 Å². The number of phenolic OH excluding ortho intramolecular Hbond substituents is 1. The standard InChI is InChI=1S/C15H15ClN2O2/c1-9(10-3-2-4-12(19)7-10)18-11-5-6-14(16)13(8-11)15(17)20/h2-9,18-19H,1H3,(H2,17,20). The Morgan fingerprint density at radius 3 is 2.70 bits per heavy atom. The molecule has 0 heterocycles. The number of rotatable bonds is 4. The third kappa shape index (κ3) is 3.22. The molecular weight excluding hydrogens is 276 g/mol. The van der Waals surface area contributed by atoms with Crippen molar-refractivity contribution in [2.45, 2.75) is 13.0 Å². The summed E-state index contributed by atoms with van der Waals surface area (Å²) in [5.74, 6) is -0.353. The Morgan fingerprint density at radius 2 is 2.05 bits per heavy atom. The fourth-order valence-corrected chi connectivity index (χ4v) is 2.14. The number of amides is 1. The van der Waals surface area contributed by atoms with Gasteiger partial charge in [-0.3, -0.25) is 4.79 Å². The molecule has 1 unspecified atom stereocenters. The molecular formula is C15H15ClN2O2. The Hall–Kier alpha value is -2.20. The molecule has 5 heteroatoms. The van der Waals surface area contributed by atoms with Crippen LogP contribution in [-0.2, 0) is 0 Å². The van der Waals surface area contributed by atoms with E-state index in [2.05, 4.69) is 5.32 Å². The van der Waals surface area contributed by atoms with Crippen molar-refractivity contribution in [2.75, 3.05) is 5.32 Å². The fourth-order valence-electron chi connectivity index (χ4n) is 1.93. The third-order valence-corrected chi connectivity index (χ3v) is 3.31. The minimum absolute atomic E-state index is 0.0380. The number of phenols is 1. The molecule has 0 aromatic heterocycles. The lowest BCUT2D eigenvalue weighted by Crippen LogP contribution is -2.13. The highest BCUT2D eigenvalue weighted by atomic mass is 35.5. The molecule has 0 fully saturated rings. The number of hydrogen-bond donors (Lipinski definition) is 3. The van der Waals surface area contributed by atoms with Crippen LogP contribution in [0.1, 0.15) is 28.9 Å². The molecule has 0 bridgehead atoms. The number of halogens is 1. The number of anilines is 1. The van der Waals surface area contributed by atoms with Gasteiger partial charge in [0.25, 0.3) is 0 Å². The van der Waals surface area contributed by atoms with E-state index in [1.165, 1.54) is 0 Å². The van der Waals surface area contributed by atoms with E-state index in [4.69, 9.17) is 17.3 Å². The summed E-state index contributed by atoms with van der Waals surface area (Å²) in [6.45, 7) is 1.95. The minimum Gasteiger partial charge on any atom is -0.508 e. The number of nitrogens with one attached hydrogen (secondary N) is 1. The molecule has 0 spiro atoms. The van der Waals surface area contributed by atoms with Crippen LogP contribution in [0.2, 0.25) is 5.02 Å². The maximum atomic E-state index is 11.3. The quantitative estimate of drug-likeness (QED) is 0.808. The number of hydrogen-bond acceptors (Lipinski definition) is 3. The fraction of sp³-hybridized carbons (Fsp3) is 0.133. The summed E-state index contributed by atoms with van der Waals surface area (Å²) >= 11 is 5.90. The van der Waals surface area contributed by atoms with Crippen molar-refractivity contribution < 1.29 is 9.90 Å². The predicted molar refractivity (Wildman–Crippen MR) is 80.1 cm³/mol. The molecule has 1 atom stereocenters. The van der Waals surface area contributed by atoms with Crippen molar-refractivity contribution in [1.29, 1.82) is 0 Å². The van der Waals surface area contributed by atoms with Crippen molar-refractivity contribution >= 4 is 23.2 Å². The number of aromatic hydroxyl groups is 1. The molecule has 4 N–H and O–H groups in total. The molecule has 2 rings (SSSR count). The normalized spacial score (nSPS) is 11.9. The van der Waals surface area contributed by atoms with Gasteiger partial charge in [0.2, 0.25) is 5.91 Å². The average Bonchev–Trinajstić information content (AvgIpc) is 2.40. The lowest BCUT2D eigenvalue weighted by molar-refractivity contribution is 0.100. The number of primary amides is 1. The molecule has 2 aromatic rings. The van der Waals surface area contributed by atoms with Crippen LogP contribution in [0.3, 0.4) is 0 Å². The van der Waals surface area contributed by atoms with Crippen LogP contribution < -0.4 is 11.1 Å². The van der Waals surface area contributed by atoms with Crippen LogP contribution >= 0.6 is 11.6 Å². The highest BCUT2D eigenvalue weighted by Gasteiger charge is 2.10. The summed E-state index contributed by atoms with van der Waals surface area (Å²) in [6.07, 6.45) is 0. The van der Waals surface area contributed by atoms with E-state index in [-0.39, 0.29) is 17.4 Å². The minimum atomic E-state index is -0.566. The second kappa shape index (κ2) is 5.84. The van der Waals surface area contributed by atoms with Gasteiger partial charge in [-0.2, -0.15) is 0 Å². The van der Waals surface area contributed by atoms with Gasteiger partial charge in [0.1, 0.15) is 5.75 Å². The molecule has 0 radical (unpaired) electrons. The monoisotopic (exact) mass is 290 g/mol. The van der Waals surface area contributed by atoms with Gasteiger partial charge in [-0.15, -0.1) is 0 Å². The summed E-state index contributed by atoms with van der Waals surface area (Å²) in [5, 5.41) is 13.0. The average molecular weight is 291 g/mol. The summed E-state index contributed by atoms with van der Waals surface area (Å²) < 4.78 is 0. The molecule has 1 amide bonds. The highest BCUT2D eigenvalue weighted by Crippen LogP contribution is 2.25. The van der Waals surface area contributed by atoms with E-state index >= 15 is 0 Å². The second-order valence-corrected chi connectivity index (χ2v) is 4.93. The van der Waals surface area contributed by atoms with E-state index < -0.39 is 5.91 Å². The number of carbonyl (C=O) groups is 1. The van der Waals surface area contributed by atoms with E-state index in [1.54, 1.807) is 36.4 Å². The Bertz CT molecular complexity index is 644. The van der Waals surface area contributed by atoms with Gasteiger partial charge < -0.3 is 16.2 Å². The van der Waals surface area contributed by atoms with Gasteiger partial charge in [0.15, 0.2) is 0 Å². The van der Waals surface area contributed by atoms with Crippen LogP contribution in [0, 0.1) is 0 Å². The maximum Gasteiger partial charge on any atom is 0.250 e. The zero-order valence-corrected chi connectivity index (χ0v) is 11.7. The van der Waals surface area contributed by atoms with Gasteiger partial charge in [-0.25, -0.2) is 0 Å². The first-order valence-electron chi connectivity index (χ1n) is 6.12. The topological polar surface area (TPSA) is 75.3 Å². The van der Waals surface area contributed by atoms with E-state index in [0.717, 1.165) is 11.3 Å². The van der Waals surface area contributed by atoms with Crippen LogP contribution in [-0.4, -0.2) is 11.0 Å². The van der Waals surface area contributed by atoms with Crippen LogP contribution in [0.25, 0.3) is 0 Å². The zero-order chi connectivity index (χ0) is 14.7. The Balaban J connectivity index is 2.22. The first-order valence-corrected chi connectivity index (χ1v) is 6.50. The molecule has 0 saturated heterocycles. The summed E-state index contributed by atoms with van der Waals surface area (Å²) in [4.78, 5) is 11.3. The van der Waals surface area contributed by atoms with Gasteiger partial charge in [0, 0.05) is 11.7 Å². The number of carbonyl (C=O) groups excluding carboxylic acids is 1. The summed E-state index contributed by atoms with van der Waals surface area (Å²) in [7, 11) is 0. The smallest absolute Gasteiger partial charge is 0.250 e. The zero-order valence-electron chi connectivity index (χ0n) is 10.9. The molecule has 0 aliphatic heterocycles. The Labute approximate surface area is 122 Å². The van der Waals surface area contributed by atoms with Gasteiger partial charge in [-0.05, 0) is 42.8 Å². The van der Waals surface area contributed by atoms with Crippen molar-refractivity contribution in [3.05, 3.63) is 58.6 Å². The number of nitrogens with two attached hydrogens (primary N) is 1. The molecule has 0 aliphatic carbocycles. The van der Waals surface area contributed by atoms with Crippen LogP contribution in [0.15, 0.2) is 42.5 Å². The van der Waals surface area contributed by atoms with Gasteiger partial charge >= 0.3 is 0 Å². The van der Waals surface area contributed by atoms with Gasteiger partial charge in [0.05, 0.1) is 10.6 Å². The third-order valence-electron chi connectivity index (χ3n) is 2.99. The second-order valence-electron chi connectivity index (χ2n) is 4.52. The van der Waals surface area contributed by atoms with E-state index in [0.29, 0.717) is 5.02 Å². The van der Waals surface area contributed by atoms with Crippen molar-refractivity contribution in [3.8, 4) is 5.75 Å². The van der Waals surface area contributed by atoms with E-state index in [9.17, 15) is 9.90 Å². The molecule has 0 saturated carbocycles. The summed E-state index contributed by atoms with van der Waals surface area (Å²) in [6, 6.07) is 12.0. The first kappa shape index (κ1) is 14.2. The lowest BCUT2D eigenvalue weighted by atomic mass is 10.1. The molecule has 104 valence electrons. The van der Waals surface area contributed by atoms with Crippen molar-refractivity contribution in [1.82, 2.24) is 0 Å². The molecule has 0 aliphatic rings. The van der Waals surface area contributed by atoms with Crippen molar-refractivity contribution in [3.63, 3.8) is 0 Å². The van der Waals surface area contributed by atoms with Crippen LogP contribution in [0.5, 0.6) is 5.75 Å². The Kier molecular flexibility index (Phi) is 4.15. The summed E-state index contributed by atoms with van der Waals surface area (Å²) in [5.41, 5.74) is 7.20. The molecule has 20 heavy (non-hydrogen) atoms.